The molecule has 66 valence electrons. The van der Waals surface area contributed by atoms with Crippen LogP contribution in [0.3, 0.4) is 0 Å². The summed E-state index contributed by atoms with van der Waals surface area (Å²) in [4.78, 5) is 10.4. The molecule has 0 amide bonds. The Balaban J connectivity index is 3.06. The summed E-state index contributed by atoms with van der Waals surface area (Å²) in [7, 11) is 5.73. The Hall–Kier alpha value is -1.32. The lowest BCUT2D eigenvalue weighted by atomic mass is 10.4. The summed E-state index contributed by atoms with van der Waals surface area (Å²) in [6.07, 6.45) is 0. The Morgan fingerprint density at radius 3 is 2.50 bits per heavy atom. The minimum Gasteiger partial charge on any atom is -0.363 e. The van der Waals surface area contributed by atoms with Gasteiger partial charge in [-0.1, -0.05) is 0 Å². The summed E-state index contributed by atoms with van der Waals surface area (Å²) >= 11 is 0. The van der Waals surface area contributed by atoms with Gasteiger partial charge in [-0.2, -0.15) is 4.98 Å². The standard InChI is InChI=1S/C8H14N4/c1-6-5-7(12(3)4)11-8(9-2)10-6/h5H,1-4H3,(H,9,10,11). The van der Waals surface area contributed by atoms with Gasteiger partial charge in [0, 0.05) is 32.9 Å². The smallest absolute Gasteiger partial charge is 0.224 e. The van der Waals surface area contributed by atoms with Gasteiger partial charge >= 0.3 is 0 Å². The average Bonchev–Trinajstić information content (AvgIpc) is 2.03. The molecule has 4 nitrogen and oxygen atoms in total. The number of rotatable bonds is 2. The fraction of sp³-hybridized carbons (Fsp3) is 0.500. The molecule has 12 heavy (non-hydrogen) atoms. The molecule has 1 aromatic rings. The van der Waals surface area contributed by atoms with Gasteiger partial charge in [0.05, 0.1) is 0 Å². The van der Waals surface area contributed by atoms with Crippen molar-refractivity contribution < 1.29 is 0 Å². The summed E-state index contributed by atoms with van der Waals surface area (Å²) in [6, 6.07) is 1.95. The first-order valence-corrected chi connectivity index (χ1v) is 3.84. The van der Waals surface area contributed by atoms with Crippen LogP contribution in [0.15, 0.2) is 6.07 Å². The van der Waals surface area contributed by atoms with E-state index in [1.165, 1.54) is 0 Å². The Bertz CT molecular complexity index is 270. The van der Waals surface area contributed by atoms with E-state index in [4.69, 9.17) is 0 Å². The van der Waals surface area contributed by atoms with Gasteiger partial charge in [0.15, 0.2) is 0 Å². The summed E-state index contributed by atoms with van der Waals surface area (Å²) in [5.74, 6) is 1.59. The van der Waals surface area contributed by atoms with Gasteiger partial charge < -0.3 is 10.2 Å². The SMILES string of the molecule is CNc1nc(C)cc(N(C)C)n1. The number of hydrogen-bond donors (Lipinski definition) is 1. The third-order valence-electron chi connectivity index (χ3n) is 1.52. The molecular formula is C8H14N4. The highest BCUT2D eigenvalue weighted by Crippen LogP contribution is 2.10. The van der Waals surface area contributed by atoms with Crippen molar-refractivity contribution in [2.75, 3.05) is 31.4 Å². The van der Waals surface area contributed by atoms with Crippen molar-refractivity contribution in [3.63, 3.8) is 0 Å². The van der Waals surface area contributed by atoms with Gasteiger partial charge in [0.25, 0.3) is 0 Å². The van der Waals surface area contributed by atoms with Gasteiger partial charge in [0.1, 0.15) is 5.82 Å². The molecule has 1 rings (SSSR count). The van der Waals surface area contributed by atoms with E-state index in [2.05, 4.69) is 15.3 Å². The first-order chi connectivity index (χ1) is 5.63. The Morgan fingerprint density at radius 1 is 1.33 bits per heavy atom. The molecule has 0 spiro atoms. The highest BCUT2D eigenvalue weighted by molar-refractivity contribution is 5.42. The summed E-state index contributed by atoms with van der Waals surface area (Å²) in [5, 5.41) is 2.91. The maximum absolute atomic E-state index is 4.26. The Kier molecular flexibility index (Phi) is 2.47. The second-order valence-electron chi connectivity index (χ2n) is 2.84. The quantitative estimate of drug-likeness (QED) is 0.708. The number of aryl methyl sites for hydroxylation is 1. The van der Waals surface area contributed by atoms with E-state index < -0.39 is 0 Å². The van der Waals surface area contributed by atoms with Gasteiger partial charge in [-0.25, -0.2) is 4.98 Å². The first-order valence-electron chi connectivity index (χ1n) is 3.84. The molecular weight excluding hydrogens is 152 g/mol. The molecule has 1 N–H and O–H groups in total. The van der Waals surface area contributed by atoms with Crippen LogP contribution in [0.2, 0.25) is 0 Å². The lowest BCUT2D eigenvalue weighted by molar-refractivity contribution is 1.02. The van der Waals surface area contributed by atoms with E-state index in [1.54, 1.807) is 0 Å². The second-order valence-corrected chi connectivity index (χ2v) is 2.84. The van der Waals surface area contributed by atoms with Crippen molar-refractivity contribution in [2.45, 2.75) is 6.92 Å². The van der Waals surface area contributed by atoms with E-state index in [0.29, 0.717) is 5.95 Å². The molecule has 0 aromatic carbocycles. The molecule has 0 aliphatic carbocycles. The predicted octanol–water partition coefficient (Wildman–Crippen LogP) is 0.893. The minimum absolute atomic E-state index is 0.665. The summed E-state index contributed by atoms with van der Waals surface area (Å²) < 4.78 is 0. The second kappa shape index (κ2) is 3.38. The molecule has 1 aromatic heterocycles. The number of hydrogen-bond acceptors (Lipinski definition) is 4. The molecule has 0 atom stereocenters. The number of aromatic nitrogens is 2. The van der Waals surface area contributed by atoms with Gasteiger partial charge in [-0.05, 0) is 6.92 Å². The molecule has 0 saturated carbocycles. The summed E-state index contributed by atoms with van der Waals surface area (Å²) in [5.41, 5.74) is 0.970. The summed E-state index contributed by atoms with van der Waals surface area (Å²) in [6.45, 7) is 1.95. The maximum atomic E-state index is 4.26. The molecule has 0 bridgehead atoms. The monoisotopic (exact) mass is 166 g/mol. The van der Waals surface area contributed by atoms with Crippen molar-refractivity contribution in [1.82, 2.24) is 9.97 Å². The van der Waals surface area contributed by atoms with E-state index in [9.17, 15) is 0 Å². The van der Waals surface area contributed by atoms with Crippen molar-refractivity contribution in [3.05, 3.63) is 11.8 Å². The van der Waals surface area contributed by atoms with E-state index in [1.807, 2.05) is 39.0 Å². The third-order valence-corrected chi connectivity index (χ3v) is 1.52. The molecule has 0 radical (unpaired) electrons. The van der Waals surface area contributed by atoms with Crippen LogP contribution in [-0.4, -0.2) is 31.1 Å². The Labute approximate surface area is 72.6 Å². The molecule has 0 saturated heterocycles. The van der Waals surface area contributed by atoms with Gasteiger partial charge in [0.2, 0.25) is 5.95 Å². The average molecular weight is 166 g/mol. The lowest BCUT2D eigenvalue weighted by Crippen LogP contribution is -2.12. The van der Waals surface area contributed by atoms with Crippen molar-refractivity contribution >= 4 is 11.8 Å². The van der Waals surface area contributed by atoms with E-state index in [0.717, 1.165) is 11.5 Å². The maximum Gasteiger partial charge on any atom is 0.224 e. The normalized spacial score (nSPS) is 9.67. The zero-order valence-corrected chi connectivity index (χ0v) is 7.92. The van der Waals surface area contributed by atoms with Crippen LogP contribution in [-0.2, 0) is 0 Å². The number of nitrogens with zero attached hydrogens (tertiary/aromatic N) is 3. The topological polar surface area (TPSA) is 41.1 Å². The molecule has 0 aliphatic heterocycles. The van der Waals surface area contributed by atoms with Crippen LogP contribution < -0.4 is 10.2 Å². The first kappa shape index (κ1) is 8.77. The van der Waals surface area contributed by atoms with Crippen molar-refractivity contribution in [3.8, 4) is 0 Å². The fourth-order valence-electron chi connectivity index (χ4n) is 0.893. The highest BCUT2D eigenvalue weighted by atomic mass is 15.2. The van der Waals surface area contributed by atoms with Crippen LogP contribution in [0.5, 0.6) is 0 Å². The number of nitrogens with one attached hydrogen (secondary N) is 1. The molecule has 0 aliphatic rings. The minimum atomic E-state index is 0.665. The molecule has 4 heteroatoms. The molecule has 0 unspecified atom stereocenters. The van der Waals surface area contributed by atoms with Crippen LogP contribution in [0, 0.1) is 6.92 Å². The van der Waals surface area contributed by atoms with E-state index in [-0.39, 0.29) is 0 Å². The molecule has 0 fully saturated rings. The van der Waals surface area contributed by atoms with Crippen LogP contribution in [0.25, 0.3) is 0 Å². The fourth-order valence-corrected chi connectivity index (χ4v) is 0.893. The van der Waals surface area contributed by atoms with Crippen LogP contribution in [0.1, 0.15) is 5.69 Å². The van der Waals surface area contributed by atoms with Gasteiger partial charge in [-0.3, -0.25) is 0 Å². The van der Waals surface area contributed by atoms with Crippen LogP contribution >= 0.6 is 0 Å². The predicted molar refractivity (Wildman–Crippen MR) is 50.6 cm³/mol. The zero-order chi connectivity index (χ0) is 9.14. The van der Waals surface area contributed by atoms with Crippen LogP contribution in [0.4, 0.5) is 11.8 Å². The highest BCUT2D eigenvalue weighted by Gasteiger charge is 2.00. The van der Waals surface area contributed by atoms with Crippen molar-refractivity contribution in [2.24, 2.45) is 0 Å². The van der Waals surface area contributed by atoms with Crippen molar-refractivity contribution in [1.29, 1.82) is 0 Å². The molecule has 1 heterocycles. The lowest BCUT2D eigenvalue weighted by Gasteiger charge is -2.12. The zero-order valence-electron chi connectivity index (χ0n) is 7.92. The Morgan fingerprint density at radius 2 is 2.00 bits per heavy atom. The largest absolute Gasteiger partial charge is 0.363 e. The van der Waals surface area contributed by atoms with Gasteiger partial charge in [-0.15, -0.1) is 0 Å². The number of anilines is 2. The third kappa shape index (κ3) is 1.84. The van der Waals surface area contributed by atoms with E-state index >= 15 is 0 Å².